The molecule has 0 unspecified atom stereocenters. The van der Waals surface area contributed by atoms with Crippen LogP contribution in [-0.2, 0) is 0 Å². The van der Waals surface area contributed by atoms with E-state index in [1.54, 1.807) is 0 Å². The Morgan fingerprint density at radius 2 is 2.20 bits per heavy atom. The normalized spacial score (nSPS) is 10.5. The molecule has 15 heavy (non-hydrogen) atoms. The van der Waals surface area contributed by atoms with Crippen LogP contribution in [-0.4, -0.2) is 17.3 Å². The van der Waals surface area contributed by atoms with Crippen LogP contribution in [0, 0.1) is 6.92 Å². The van der Waals surface area contributed by atoms with E-state index in [1.807, 2.05) is 0 Å². The van der Waals surface area contributed by atoms with E-state index in [0.717, 1.165) is 0 Å². The Morgan fingerprint density at radius 1 is 1.60 bits per heavy atom. The first-order valence-electron chi connectivity index (χ1n) is 4.01. The zero-order chi connectivity index (χ0) is 11.6. The number of ether oxygens (including phenoxy) is 1. The van der Waals surface area contributed by atoms with E-state index < -0.39 is 17.4 Å². The van der Waals surface area contributed by atoms with Gasteiger partial charge < -0.3 is 4.74 Å². The topological polar surface area (TPSA) is 39.2 Å². The van der Waals surface area contributed by atoms with E-state index in [2.05, 4.69) is 4.98 Å². The van der Waals surface area contributed by atoms with Crippen molar-refractivity contribution >= 4 is 16.8 Å². The summed E-state index contributed by atoms with van der Waals surface area (Å²) < 4.78 is 29.8. The van der Waals surface area contributed by atoms with Crippen LogP contribution in [0.5, 0.6) is 5.75 Å². The molecule has 82 valence electrons. The standard InChI is InChI=1S/C9H8ClF2NO2/c1-4-3-5(8(10)14)7(15-2)6(13-4)9(11)12/h3,9H,1-2H3. The molecule has 0 aromatic carbocycles. The summed E-state index contributed by atoms with van der Waals surface area (Å²) in [4.78, 5) is 14.6. The van der Waals surface area contributed by atoms with Crippen LogP contribution >= 0.6 is 11.6 Å². The molecule has 1 heterocycles. The van der Waals surface area contributed by atoms with Gasteiger partial charge in [-0.15, -0.1) is 0 Å². The summed E-state index contributed by atoms with van der Waals surface area (Å²) in [5, 5.41) is -0.848. The summed E-state index contributed by atoms with van der Waals surface area (Å²) in [6, 6.07) is 1.31. The van der Waals surface area contributed by atoms with Crippen molar-refractivity contribution in [2.45, 2.75) is 13.3 Å². The number of alkyl halides is 2. The minimum absolute atomic E-state index is 0.0954. The first-order valence-corrected chi connectivity index (χ1v) is 4.38. The lowest BCUT2D eigenvalue weighted by Gasteiger charge is -2.10. The average molecular weight is 236 g/mol. The number of carbonyl (C=O) groups excluding carboxylic acids is 1. The molecule has 1 aromatic heterocycles. The van der Waals surface area contributed by atoms with Crippen molar-refractivity contribution in [2.24, 2.45) is 0 Å². The molecule has 0 fully saturated rings. The number of aryl methyl sites for hydroxylation is 1. The Balaban J connectivity index is 3.45. The van der Waals surface area contributed by atoms with Gasteiger partial charge in [-0.25, -0.2) is 13.8 Å². The fourth-order valence-corrected chi connectivity index (χ4v) is 1.33. The number of hydrogen-bond donors (Lipinski definition) is 0. The van der Waals surface area contributed by atoms with Gasteiger partial charge in [-0.3, -0.25) is 4.79 Å². The predicted octanol–water partition coefficient (Wildman–Crippen LogP) is 2.72. The lowest BCUT2D eigenvalue weighted by molar-refractivity contribution is 0.107. The van der Waals surface area contributed by atoms with Crippen LogP contribution in [0.4, 0.5) is 8.78 Å². The van der Waals surface area contributed by atoms with Crippen LogP contribution in [0.25, 0.3) is 0 Å². The summed E-state index contributed by atoms with van der Waals surface area (Å²) in [5.74, 6) is -0.268. The molecule has 1 rings (SSSR count). The highest BCUT2D eigenvalue weighted by Gasteiger charge is 2.22. The molecule has 0 aliphatic heterocycles. The minimum Gasteiger partial charge on any atom is -0.494 e. The zero-order valence-electron chi connectivity index (χ0n) is 8.05. The Morgan fingerprint density at radius 3 is 2.60 bits per heavy atom. The second kappa shape index (κ2) is 4.53. The van der Waals surface area contributed by atoms with Gasteiger partial charge >= 0.3 is 0 Å². The lowest BCUT2D eigenvalue weighted by atomic mass is 10.2. The number of methoxy groups -OCH3 is 1. The summed E-state index contributed by atoms with van der Waals surface area (Å²) in [5.41, 5.74) is -0.376. The number of pyridine rings is 1. The van der Waals surface area contributed by atoms with E-state index in [1.165, 1.54) is 20.1 Å². The van der Waals surface area contributed by atoms with Crippen LogP contribution in [0.1, 0.15) is 28.2 Å². The van der Waals surface area contributed by atoms with E-state index in [9.17, 15) is 13.6 Å². The largest absolute Gasteiger partial charge is 0.494 e. The third-order valence-electron chi connectivity index (χ3n) is 1.75. The molecule has 0 aliphatic rings. The second-order valence-corrected chi connectivity index (χ2v) is 3.15. The maximum Gasteiger partial charge on any atom is 0.284 e. The SMILES string of the molecule is COc1c(C(=O)Cl)cc(C)nc1C(F)F. The van der Waals surface area contributed by atoms with Gasteiger partial charge in [-0.05, 0) is 24.6 Å². The van der Waals surface area contributed by atoms with Gasteiger partial charge in [0.2, 0.25) is 0 Å². The van der Waals surface area contributed by atoms with Crippen LogP contribution < -0.4 is 4.74 Å². The molecule has 0 radical (unpaired) electrons. The number of nitrogens with zero attached hydrogens (tertiary/aromatic N) is 1. The number of hydrogen-bond acceptors (Lipinski definition) is 3. The smallest absolute Gasteiger partial charge is 0.284 e. The first kappa shape index (κ1) is 11.8. The summed E-state index contributed by atoms with van der Waals surface area (Å²) in [6.45, 7) is 1.49. The van der Waals surface area contributed by atoms with Gasteiger partial charge in [-0.2, -0.15) is 0 Å². The molecule has 0 spiro atoms. The van der Waals surface area contributed by atoms with Crippen LogP contribution in [0.15, 0.2) is 6.07 Å². The number of rotatable bonds is 3. The monoisotopic (exact) mass is 235 g/mol. The van der Waals surface area contributed by atoms with E-state index in [4.69, 9.17) is 16.3 Å². The fraction of sp³-hybridized carbons (Fsp3) is 0.333. The molecule has 3 nitrogen and oxygen atoms in total. The lowest BCUT2D eigenvalue weighted by Crippen LogP contribution is -2.04. The highest BCUT2D eigenvalue weighted by atomic mass is 35.5. The van der Waals surface area contributed by atoms with Crippen molar-refractivity contribution < 1.29 is 18.3 Å². The minimum atomic E-state index is -2.81. The Bertz CT molecular complexity index is 396. The number of aromatic nitrogens is 1. The molecule has 0 aliphatic carbocycles. The zero-order valence-corrected chi connectivity index (χ0v) is 8.81. The van der Waals surface area contributed by atoms with Gasteiger partial charge in [0.25, 0.3) is 11.7 Å². The quantitative estimate of drug-likeness (QED) is 0.756. The van der Waals surface area contributed by atoms with E-state index in [0.29, 0.717) is 0 Å². The maximum atomic E-state index is 12.5. The highest BCUT2D eigenvalue weighted by molar-refractivity contribution is 6.68. The van der Waals surface area contributed by atoms with Crippen molar-refractivity contribution in [3.05, 3.63) is 23.0 Å². The van der Waals surface area contributed by atoms with Gasteiger partial charge in [0.05, 0.1) is 12.7 Å². The Kier molecular flexibility index (Phi) is 3.57. The van der Waals surface area contributed by atoms with E-state index in [-0.39, 0.29) is 17.0 Å². The Hall–Kier alpha value is -1.23. The molecular weight excluding hydrogens is 228 g/mol. The molecule has 0 amide bonds. The fourth-order valence-electron chi connectivity index (χ4n) is 1.19. The van der Waals surface area contributed by atoms with Gasteiger partial charge in [0, 0.05) is 5.69 Å². The first-order chi connectivity index (χ1) is 6.97. The molecule has 1 aromatic rings. The molecule has 0 N–H and O–H groups in total. The number of carbonyl (C=O) groups is 1. The van der Waals surface area contributed by atoms with Crippen molar-refractivity contribution in [3.8, 4) is 5.75 Å². The summed E-state index contributed by atoms with van der Waals surface area (Å²) in [7, 11) is 1.18. The predicted molar refractivity (Wildman–Crippen MR) is 50.7 cm³/mol. The Labute approximate surface area is 90.0 Å². The van der Waals surface area contributed by atoms with Gasteiger partial charge in [0.1, 0.15) is 5.69 Å². The molecule has 0 bridgehead atoms. The molecular formula is C9H8ClF2NO2. The third-order valence-corrected chi connectivity index (χ3v) is 1.95. The summed E-state index contributed by atoms with van der Waals surface area (Å²) >= 11 is 5.24. The molecule has 6 heteroatoms. The van der Waals surface area contributed by atoms with Crippen molar-refractivity contribution in [1.82, 2.24) is 4.98 Å². The van der Waals surface area contributed by atoms with E-state index >= 15 is 0 Å². The summed E-state index contributed by atoms with van der Waals surface area (Å²) in [6.07, 6.45) is -2.81. The molecule has 0 atom stereocenters. The maximum absolute atomic E-state index is 12.5. The highest BCUT2D eigenvalue weighted by Crippen LogP contribution is 2.31. The van der Waals surface area contributed by atoms with Gasteiger partial charge in [-0.1, -0.05) is 0 Å². The van der Waals surface area contributed by atoms with Crippen LogP contribution in [0.2, 0.25) is 0 Å². The van der Waals surface area contributed by atoms with Gasteiger partial charge in [0.15, 0.2) is 5.75 Å². The second-order valence-electron chi connectivity index (χ2n) is 2.80. The number of halogens is 3. The average Bonchev–Trinajstić information content (AvgIpc) is 2.16. The molecule has 0 saturated carbocycles. The van der Waals surface area contributed by atoms with Crippen LogP contribution in [0.3, 0.4) is 0 Å². The van der Waals surface area contributed by atoms with Crippen molar-refractivity contribution in [1.29, 1.82) is 0 Å². The van der Waals surface area contributed by atoms with Crippen molar-refractivity contribution in [2.75, 3.05) is 7.11 Å². The molecule has 0 saturated heterocycles. The third kappa shape index (κ3) is 2.41. The van der Waals surface area contributed by atoms with Crippen molar-refractivity contribution in [3.63, 3.8) is 0 Å².